The normalized spacial score (nSPS) is 17.2. The summed E-state index contributed by atoms with van der Waals surface area (Å²) < 4.78 is 12.1. The summed E-state index contributed by atoms with van der Waals surface area (Å²) in [5.41, 5.74) is 9.79. The lowest BCUT2D eigenvalue weighted by molar-refractivity contribution is 0.328. The van der Waals surface area contributed by atoms with E-state index in [1.807, 2.05) is 11.3 Å². The maximum atomic E-state index is 6.99. The average Bonchev–Trinajstić information content (AvgIpc) is 4.03. The van der Waals surface area contributed by atoms with Crippen molar-refractivity contribution in [2.24, 2.45) is 10.9 Å². The number of hydrogen-bond acceptors (Lipinski definition) is 4. The third-order valence-corrected chi connectivity index (χ3v) is 15.6. The third-order valence-electron chi connectivity index (χ3n) is 14.4. The van der Waals surface area contributed by atoms with Gasteiger partial charge in [-0.1, -0.05) is 153 Å². The number of nitrogens with zero attached hydrogens (tertiary/aromatic N) is 2. The van der Waals surface area contributed by atoms with Crippen molar-refractivity contribution in [3.05, 3.63) is 211 Å². The van der Waals surface area contributed by atoms with E-state index in [0.717, 1.165) is 57.3 Å². The highest BCUT2D eigenvalue weighted by atomic mass is 32.1. The van der Waals surface area contributed by atoms with Crippen LogP contribution in [0.5, 0.6) is 0 Å². The van der Waals surface area contributed by atoms with Gasteiger partial charge in [0.25, 0.3) is 0 Å². The molecule has 3 atom stereocenters. The highest BCUT2D eigenvalue weighted by molar-refractivity contribution is 7.25. The van der Waals surface area contributed by atoms with Crippen molar-refractivity contribution in [2.75, 3.05) is 0 Å². The van der Waals surface area contributed by atoms with Gasteiger partial charge in [-0.3, -0.25) is 10.3 Å². The average molecular weight is 866 g/mol. The number of hydrogen-bond donors (Lipinski definition) is 1. The minimum atomic E-state index is -0.294. The van der Waals surface area contributed by atoms with Gasteiger partial charge in [-0.15, -0.1) is 11.3 Å². The Kier molecular flexibility index (Phi) is 8.43. The van der Waals surface area contributed by atoms with Crippen LogP contribution in [-0.4, -0.2) is 10.3 Å². The lowest BCUT2D eigenvalue weighted by Crippen LogP contribution is -2.33. The molecule has 4 heterocycles. The second kappa shape index (κ2) is 14.7. The fourth-order valence-electron chi connectivity index (χ4n) is 11.1. The number of aromatic nitrogens is 1. The van der Waals surface area contributed by atoms with Crippen molar-refractivity contribution in [2.45, 2.75) is 32.0 Å². The number of fused-ring (bicyclic) bond motifs is 13. The predicted octanol–water partition coefficient (Wildman–Crippen LogP) is 16.8. The largest absolute Gasteiger partial charge is 0.454 e. The van der Waals surface area contributed by atoms with Gasteiger partial charge in [0.15, 0.2) is 5.58 Å². The second-order valence-corrected chi connectivity index (χ2v) is 19.4. The van der Waals surface area contributed by atoms with Crippen LogP contribution in [0.1, 0.15) is 48.7 Å². The zero-order valence-corrected chi connectivity index (χ0v) is 37.1. The van der Waals surface area contributed by atoms with E-state index < -0.39 is 0 Å². The fraction of sp³-hybridized carbons (Fsp3) is 0.0984. The Hall–Kier alpha value is -7.57. The number of thiophene rings is 1. The van der Waals surface area contributed by atoms with Crippen LogP contribution in [0.2, 0.25) is 0 Å². The molecule has 10 aromatic carbocycles. The molecule has 0 radical (unpaired) electrons. The molecule has 0 aliphatic carbocycles. The first-order valence-corrected chi connectivity index (χ1v) is 23.9. The van der Waals surface area contributed by atoms with Crippen LogP contribution >= 0.6 is 11.3 Å². The first kappa shape index (κ1) is 37.8. The van der Waals surface area contributed by atoms with Gasteiger partial charge in [0, 0.05) is 58.9 Å². The van der Waals surface area contributed by atoms with Gasteiger partial charge >= 0.3 is 0 Å². The van der Waals surface area contributed by atoms with Gasteiger partial charge < -0.3 is 8.98 Å². The van der Waals surface area contributed by atoms with Crippen molar-refractivity contribution in [1.29, 1.82) is 0 Å². The van der Waals surface area contributed by atoms with E-state index in [1.54, 1.807) is 0 Å². The Morgan fingerprint density at radius 2 is 1.20 bits per heavy atom. The Bertz CT molecular complexity index is 4150. The van der Waals surface area contributed by atoms with Crippen molar-refractivity contribution in [3.63, 3.8) is 0 Å². The zero-order valence-electron chi connectivity index (χ0n) is 36.3. The third kappa shape index (κ3) is 5.90. The van der Waals surface area contributed by atoms with Gasteiger partial charge in [-0.2, -0.15) is 0 Å². The molecule has 0 amide bonds. The maximum absolute atomic E-state index is 6.99. The van der Waals surface area contributed by atoms with Gasteiger partial charge in [0.2, 0.25) is 0 Å². The highest BCUT2D eigenvalue weighted by Crippen LogP contribution is 2.44. The molecule has 4 nitrogen and oxygen atoms in total. The van der Waals surface area contributed by atoms with E-state index >= 15 is 0 Å². The quantitative estimate of drug-likeness (QED) is 0.191. The standard InChI is InChI=1S/C61H43N3OS/c1-36-22-29-52(62-61(63-58(36)42-24-23-37-12-2-3-14-39(37)30-42)43-26-27-48-47-19-9-11-21-56(47)66-57(48)35-43)44-32-51-46-18-8-10-20-55(46)65-60(51)54(34-44)64-53-33-41-16-5-4-15-40(41)31-50(53)49-28-25-38-13-6-7-17-45(38)59(49)64/h2-21,23-28,30-36,58,61,63H,22,29H2,1H3/t36-,58?,61?/m1/s1. The summed E-state index contributed by atoms with van der Waals surface area (Å²) in [7, 11) is 0. The molecule has 1 aliphatic heterocycles. The molecule has 13 aromatic rings. The molecule has 1 aliphatic rings. The molecule has 5 heteroatoms. The number of furan rings is 1. The molecule has 66 heavy (non-hydrogen) atoms. The summed E-state index contributed by atoms with van der Waals surface area (Å²) in [5, 5.41) is 18.8. The van der Waals surface area contributed by atoms with Gasteiger partial charge in [0.05, 0.1) is 16.7 Å². The molecule has 314 valence electrons. The topological polar surface area (TPSA) is 42.5 Å². The summed E-state index contributed by atoms with van der Waals surface area (Å²) in [6, 6.07) is 71.5. The molecule has 0 bridgehead atoms. The molecule has 3 aromatic heterocycles. The number of nitrogens with one attached hydrogen (secondary N) is 1. The van der Waals surface area contributed by atoms with E-state index in [9.17, 15) is 0 Å². The molecular weight excluding hydrogens is 823 g/mol. The second-order valence-electron chi connectivity index (χ2n) is 18.3. The molecule has 14 rings (SSSR count). The Morgan fingerprint density at radius 3 is 2.06 bits per heavy atom. The fourth-order valence-corrected chi connectivity index (χ4v) is 12.3. The summed E-state index contributed by atoms with van der Waals surface area (Å²) in [5.74, 6) is 0.321. The summed E-state index contributed by atoms with van der Waals surface area (Å²) in [4.78, 5) is 5.89. The van der Waals surface area contributed by atoms with Crippen LogP contribution in [0.4, 0.5) is 0 Å². The summed E-state index contributed by atoms with van der Waals surface area (Å²) in [6.07, 6.45) is 1.50. The molecule has 0 spiro atoms. The molecule has 0 fully saturated rings. The smallest absolute Gasteiger partial charge is 0.159 e. The van der Waals surface area contributed by atoms with Gasteiger partial charge in [0.1, 0.15) is 11.7 Å². The highest BCUT2D eigenvalue weighted by Gasteiger charge is 2.29. The zero-order chi connectivity index (χ0) is 43.5. The first-order valence-electron chi connectivity index (χ1n) is 23.1. The van der Waals surface area contributed by atoms with Crippen LogP contribution in [0.15, 0.2) is 204 Å². The monoisotopic (exact) mass is 865 g/mol. The van der Waals surface area contributed by atoms with Gasteiger partial charge in [-0.05, 0) is 111 Å². The van der Waals surface area contributed by atoms with Crippen molar-refractivity contribution in [1.82, 2.24) is 9.88 Å². The number of aliphatic imine (C=N–C) groups is 1. The number of benzene rings is 10. The van der Waals surface area contributed by atoms with E-state index in [4.69, 9.17) is 9.41 Å². The van der Waals surface area contributed by atoms with Crippen LogP contribution < -0.4 is 5.32 Å². The predicted molar refractivity (Wildman–Crippen MR) is 280 cm³/mol. The number of para-hydroxylation sites is 1. The van der Waals surface area contributed by atoms with Crippen molar-refractivity contribution in [3.8, 4) is 5.69 Å². The minimum Gasteiger partial charge on any atom is -0.454 e. The van der Waals surface area contributed by atoms with E-state index in [2.05, 4.69) is 211 Å². The Labute approximate surface area is 385 Å². The lowest BCUT2D eigenvalue weighted by Gasteiger charge is -2.32. The van der Waals surface area contributed by atoms with E-state index in [1.165, 1.54) is 79.9 Å². The Balaban J connectivity index is 1.03. The van der Waals surface area contributed by atoms with Crippen LogP contribution in [0.3, 0.4) is 0 Å². The van der Waals surface area contributed by atoms with Crippen LogP contribution in [0.25, 0.3) is 102 Å². The number of rotatable bonds is 4. The molecule has 0 saturated carbocycles. The summed E-state index contributed by atoms with van der Waals surface area (Å²) in [6.45, 7) is 2.41. The minimum absolute atomic E-state index is 0.0968. The Morgan fingerprint density at radius 1 is 0.530 bits per heavy atom. The van der Waals surface area contributed by atoms with Crippen LogP contribution in [-0.2, 0) is 0 Å². The molecular formula is C61H43N3OS. The van der Waals surface area contributed by atoms with E-state index in [-0.39, 0.29) is 12.2 Å². The molecule has 0 saturated heterocycles. The lowest BCUT2D eigenvalue weighted by atomic mass is 9.86. The van der Waals surface area contributed by atoms with Crippen molar-refractivity contribution < 1.29 is 4.42 Å². The maximum Gasteiger partial charge on any atom is 0.159 e. The van der Waals surface area contributed by atoms with Crippen molar-refractivity contribution >= 4 is 113 Å². The van der Waals surface area contributed by atoms with E-state index in [0.29, 0.717) is 5.92 Å². The summed E-state index contributed by atoms with van der Waals surface area (Å²) >= 11 is 1.86. The first-order chi connectivity index (χ1) is 32.6. The molecule has 2 unspecified atom stereocenters. The SMILES string of the molecule is C[C@@H]1CCC(c2cc(-n3c4cc5ccccc5cc4c4ccc5ccccc5c43)c3oc4ccccc4c3c2)=NC(c2ccc3c(c2)sc2ccccc23)NC1c1ccc2ccccc2c1. The molecule has 1 N–H and O–H groups in total. The van der Waals surface area contributed by atoms with Gasteiger partial charge in [-0.25, -0.2) is 0 Å². The van der Waals surface area contributed by atoms with Crippen LogP contribution in [0, 0.1) is 5.92 Å².